The SMILES string of the molecule is Cc1cccc(Cn2c(SCCC(=O)O)nc3c2c(=O)[nH]c(=O)n3C)c1. The van der Waals surface area contributed by atoms with E-state index >= 15 is 0 Å². The van der Waals surface area contributed by atoms with Crippen LogP contribution in [0.2, 0.25) is 0 Å². The Labute approximate surface area is 152 Å². The van der Waals surface area contributed by atoms with Crippen molar-refractivity contribution in [3.05, 3.63) is 56.2 Å². The third kappa shape index (κ3) is 3.57. The third-order valence-electron chi connectivity index (χ3n) is 3.94. The summed E-state index contributed by atoms with van der Waals surface area (Å²) >= 11 is 1.25. The van der Waals surface area contributed by atoms with Gasteiger partial charge >= 0.3 is 11.7 Å². The molecule has 1 aromatic carbocycles. The van der Waals surface area contributed by atoms with Crippen molar-refractivity contribution in [2.24, 2.45) is 7.05 Å². The molecule has 0 aliphatic rings. The summed E-state index contributed by atoms with van der Waals surface area (Å²) in [6.07, 6.45) is -0.0202. The Morgan fingerprint density at radius 2 is 2.12 bits per heavy atom. The summed E-state index contributed by atoms with van der Waals surface area (Å²) < 4.78 is 3.01. The molecule has 0 saturated heterocycles. The number of nitrogens with zero attached hydrogens (tertiary/aromatic N) is 3. The van der Waals surface area contributed by atoms with Gasteiger partial charge in [0, 0.05) is 12.8 Å². The molecular weight excluding hydrogens is 356 g/mol. The zero-order chi connectivity index (χ0) is 18.8. The molecule has 0 unspecified atom stereocenters. The Bertz CT molecular complexity index is 1100. The Morgan fingerprint density at radius 1 is 1.35 bits per heavy atom. The van der Waals surface area contributed by atoms with Crippen LogP contribution in [0.1, 0.15) is 17.5 Å². The number of rotatable bonds is 6. The van der Waals surface area contributed by atoms with Gasteiger partial charge in [0.15, 0.2) is 16.3 Å². The standard InChI is InChI=1S/C17H18N4O4S/c1-10-4-3-5-11(8-10)9-21-13-14(20(2)16(25)19-15(13)24)18-17(21)26-7-6-12(22)23/h3-5,8H,6-7,9H2,1-2H3,(H,22,23)(H,19,24,25). The molecule has 136 valence electrons. The number of benzene rings is 1. The number of aromatic amines is 1. The number of aliphatic carboxylic acids is 1. The van der Waals surface area contributed by atoms with Crippen molar-refractivity contribution in [3.63, 3.8) is 0 Å². The first-order valence-electron chi connectivity index (χ1n) is 7.96. The first-order chi connectivity index (χ1) is 12.4. The maximum absolute atomic E-state index is 12.4. The summed E-state index contributed by atoms with van der Waals surface area (Å²) in [5.74, 6) is -0.581. The Kier molecular flexibility index (Phi) is 4.99. The van der Waals surface area contributed by atoms with Gasteiger partial charge < -0.3 is 9.67 Å². The van der Waals surface area contributed by atoms with Crippen LogP contribution in [0.5, 0.6) is 0 Å². The van der Waals surface area contributed by atoms with Gasteiger partial charge in [-0.05, 0) is 12.5 Å². The minimum absolute atomic E-state index is 0.0202. The Morgan fingerprint density at radius 3 is 2.81 bits per heavy atom. The number of aromatic nitrogens is 4. The molecule has 26 heavy (non-hydrogen) atoms. The Hall–Kier alpha value is -2.81. The van der Waals surface area contributed by atoms with Crippen molar-refractivity contribution >= 4 is 28.9 Å². The summed E-state index contributed by atoms with van der Waals surface area (Å²) in [5, 5.41) is 9.36. The van der Waals surface area contributed by atoms with E-state index in [0.717, 1.165) is 11.1 Å². The van der Waals surface area contributed by atoms with Gasteiger partial charge in [0.05, 0.1) is 13.0 Å². The van der Waals surface area contributed by atoms with Crippen LogP contribution in [-0.4, -0.2) is 35.9 Å². The highest BCUT2D eigenvalue weighted by atomic mass is 32.2. The minimum atomic E-state index is -0.899. The normalized spacial score (nSPS) is 11.2. The highest BCUT2D eigenvalue weighted by Crippen LogP contribution is 2.23. The predicted molar refractivity (Wildman–Crippen MR) is 98.9 cm³/mol. The monoisotopic (exact) mass is 374 g/mol. The molecular formula is C17H18N4O4S. The van der Waals surface area contributed by atoms with Crippen LogP contribution in [0.25, 0.3) is 11.2 Å². The van der Waals surface area contributed by atoms with Gasteiger partial charge in [-0.15, -0.1) is 0 Å². The highest BCUT2D eigenvalue weighted by Gasteiger charge is 2.18. The van der Waals surface area contributed by atoms with Crippen LogP contribution in [0.15, 0.2) is 39.0 Å². The third-order valence-corrected chi connectivity index (χ3v) is 4.92. The number of hydrogen-bond acceptors (Lipinski definition) is 5. The van der Waals surface area contributed by atoms with E-state index in [1.54, 1.807) is 4.57 Å². The number of thioether (sulfide) groups is 1. The van der Waals surface area contributed by atoms with E-state index in [1.165, 1.54) is 23.4 Å². The van der Waals surface area contributed by atoms with Gasteiger partial charge in [-0.2, -0.15) is 0 Å². The minimum Gasteiger partial charge on any atom is -0.481 e. The average molecular weight is 374 g/mol. The number of H-pyrrole nitrogens is 1. The quantitative estimate of drug-likeness (QED) is 0.630. The second-order valence-electron chi connectivity index (χ2n) is 5.95. The van der Waals surface area contributed by atoms with E-state index in [2.05, 4.69) is 9.97 Å². The molecule has 0 atom stereocenters. The fourth-order valence-electron chi connectivity index (χ4n) is 2.69. The molecule has 0 radical (unpaired) electrons. The zero-order valence-electron chi connectivity index (χ0n) is 14.4. The molecule has 0 fully saturated rings. The van der Waals surface area contributed by atoms with Crippen LogP contribution in [0.4, 0.5) is 0 Å². The first-order valence-corrected chi connectivity index (χ1v) is 8.95. The van der Waals surface area contributed by atoms with Crippen molar-refractivity contribution in [2.75, 3.05) is 5.75 Å². The maximum atomic E-state index is 12.4. The van der Waals surface area contributed by atoms with Gasteiger partial charge in [-0.3, -0.25) is 19.1 Å². The number of fused-ring (bicyclic) bond motifs is 1. The number of hydrogen-bond donors (Lipinski definition) is 2. The molecule has 0 aliphatic heterocycles. The number of imidazole rings is 1. The largest absolute Gasteiger partial charge is 0.481 e. The van der Waals surface area contributed by atoms with Crippen molar-refractivity contribution in [3.8, 4) is 0 Å². The molecule has 2 N–H and O–H groups in total. The number of aryl methyl sites for hydroxylation is 2. The van der Waals surface area contributed by atoms with E-state index in [9.17, 15) is 14.4 Å². The molecule has 2 aromatic heterocycles. The molecule has 0 bridgehead atoms. The molecule has 0 spiro atoms. The summed E-state index contributed by atoms with van der Waals surface area (Å²) in [7, 11) is 1.54. The lowest BCUT2D eigenvalue weighted by molar-refractivity contribution is -0.136. The van der Waals surface area contributed by atoms with Gasteiger partial charge in [0.1, 0.15) is 0 Å². The smallest absolute Gasteiger partial charge is 0.329 e. The molecule has 0 aliphatic carbocycles. The van der Waals surface area contributed by atoms with Crippen molar-refractivity contribution in [2.45, 2.75) is 25.0 Å². The van der Waals surface area contributed by atoms with E-state index in [0.29, 0.717) is 23.0 Å². The maximum Gasteiger partial charge on any atom is 0.329 e. The topological polar surface area (TPSA) is 110 Å². The zero-order valence-corrected chi connectivity index (χ0v) is 15.2. The molecule has 3 rings (SSSR count). The summed E-state index contributed by atoms with van der Waals surface area (Å²) in [5.41, 5.74) is 1.61. The van der Waals surface area contributed by atoms with Crippen LogP contribution < -0.4 is 11.2 Å². The lowest BCUT2D eigenvalue weighted by atomic mass is 10.1. The van der Waals surface area contributed by atoms with E-state index in [4.69, 9.17) is 5.11 Å². The highest BCUT2D eigenvalue weighted by molar-refractivity contribution is 7.99. The Balaban J connectivity index is 2.13. The van der Waals surface area contributed by atoms with Crippen LogP contribution in [-0.2, 0) is 18.4 Å². The molecule has 8 nitrogen and oxygen atoms in total. The average Bonchev–Trinajstić information content (AvgIpc) is 2.92. The van der Waals surface area contributed by atoms with Gasteiger partial charge in [-0.25, -0.2) is 9.78 Å². The molecule has 2 heterocycles. The molecule has 0 amide bonds. The summed E-state index contributed by atoms with van der Waals surface area (Å²) in [6, 6.07) is 7.87. The van der Waals surface area contributed by atoms with E-state index in [1.807, 2.05) is 31.2 Å². The van der Waals surface area contributed by atoms with Crippen LogP contribution in [0, 0.1) is 6.92 Å². The van der Waals surface area contributed by atoms with Crippen molar-refractivity contribution in [1.29, 1.82) is 0 Å². The van der Waals surface area contributed by atoms with Crippen molar-refractivity contribution in [1.82, 2.24) is 19.1 Å². The number of carbonyl (C=O) groups is 1. The van der Waals surface area contributed by atoms with Gasteiger partial charge in [-0.1, -0.05) is 41.6 Å². The molecule has 3 aromatic rings. The second kappa shape index (κ2) is 7.20. The van der Waals surface area contributed by atoms with Gasteiger partial charge in [0.2, 0.25) is 0 Å². The van der Waals surface area contributed by atoms with E-state index < -0.39 is 17.2 Å². The fourth-order valence-corrected chi connectivity index (χ4v) is 3.62. The van der Waals surface area contributed by atoms with Crippen molar-refractivity contribution < 1.29 is 9.90 Å². The predicted octanol–water partition coefficient (Wildman–Crippen LogP) is 1.35. The van der Waals surface area contributed by atoms with Crippen LogP contribution in [0.3, 0.4) is 0 Å². The first kappa shape index (κ1) is 18.0. The summed E-state index contributed by atoms with van der Waals surface area (Å²) in [6.45, 7) is 2.38. The van der Waals surface area contributed by atoms with Crippen LogP contribution >= 0.6 is 11.8 Å². The second-order valence-corrected chi connectivity index (χ2v) is 7.01. The van der Waals surface area contributed by atoms with E-state index in [-0.39, 0.29) is 12.1 Å². The van der Waals surface area contributed by atoms with Gasteiger partial charge in [0.25, 0.3) is 5.56 Å². The lowest BCUT2D eigenvalue weighted by Gasteiger charge is -2.09. The number of carboxylic acid groups (broad SMARTS) is 1. The molecule has 9 heteroatoms. The number of nitrogens with one attached hydrogen (secondary N) is 1. The summed E-state index contributed by atoms with van der Waals surface area (Å²) in [4.78, 5) is 41.8. The molecule has 0 saturated carbocycles. The lowest BCUT2D eigenvalue weighted by Crippen LogP contribution is -2.29. The fraction of sp³-hybridized carbons (Fsp3) is 0.294. The number of carboxylic acids is 1.